The van der Waals surface area contributed by atoms with E-state index in [4.69, 9.17) is 9.47 Å². The normalized spacial score (nSPS) is 17.6. The van der Waals surface area contributed by atoms with E-state index in [0.717, 1.165) is 16.7 Å². The number of rotatable bonds is 9. The first-order chi connectivity index (χ1) is 19.0. The molecule has 1 rings (SSSR count). The predicted octanol–water partition coefficient (Wildman–Crippen LogP) is 8.96. The number of hydrogen-bond acceptors (Lipinski definition) is 4. The van der Waals surface area contributed by atoms with Gasteiger partial charge in [-0.1, -0.05) is 108 Å². The van der Waals surface area contributed by atoms with Crippen LogP contribution in [-0.4, -0.2) is 42.3 Å². The number of hydrogen-bond donors (Lipinski definition) is 0. The third-order valence-corrected chi connectivity index (χ3v) is 22.3. The van der Waals surface area contributed by atoms with Crippen LogP contribution in [0.3, 0.4) is 0 Å². The van der Waals surface area contributed by atoms with Gasteiger partial charge < -0.3 is 9.47 Å². The molecular formula is C35H56O4Si2. The van der Waals surface area contributed by atoms with Crippen LogP contribution < -0.4 is 0 Å². The van der Waals surface area contributed by atoms with Crippen LogP contribution in [0.25, 0.3) is 0 Å². The molecule has 1 fully saturated rings. The molecule has 0 saturated heterocycles. The Labute approximate surface area is 253 Å². The van der Waals surface area contributed by atoms with Gasteiger partial charge in [0.2, 0.25) is 0 Å². The number of carbonyl (C=O) groups excluding carboxylic acids is 2. The molecule has 0 heterocycles. The topological polar surface area (TPSA) is 52.6 Å². The summed E-state index contributed by atoms with van der Waals surface area (Å²) >= 11 is 0. The van der Waals surface area contributed by atoms with E-state index in [1.165, 1.54) is 14.2 Å². The lowest BCUT2D eigenvalue weighted by Crippen LogP contribution is -2.43. The summed E-state index contributed by atoms with van der Waals surface area (Å²) in [6.07, 6.45) is 4.00. The number of esters is 2. The highest BCUT2D eigenvalue weighted by Crippen LogP contribution is 2.49. The molecule has 41 heavy (non-hydrogen) atoms. The van der Waals surface area contributed by atoms with Gasteiger partial charge in [0, 0.05) is 18.4 Å². The van der Waals surface area contributed by atoms with Crippen LogP contribution in [0.5, 0.6) is 0 Å². The molecule has 1 aliphatic rings. The Hall–Kier alpha value is -2.29. The number of methoxy groups -OCH3 is 2. The standard InChI is InChI=1S/C35H56O4Si2/c1-16-30(19-21-41(27(8)9,28(10)11)29(12)13)32-23-35(33(36)38-14,34(37)39-15)22-31(32)18-17-20-40(24(2)3,25(4)5)26(6)7/h16,18,24-29H,1,22-23H2,2-15H3/b31-18+,32-30+. The highest BCUT2D eigenvalue weighted by molar-refractivity contribution is 6.91. The van der Waals surface area contributed by atoms with E-state index in [1.807, 2.05) is 6.08 Å². The molecule has 0 spiro atoms. The first-order valence-corrected chi connectivity index (χ1v) is 19.7. The monoisotopic (exact) mass is 596 g/mol. The molecule has 228 valence electrons. The van der Waals surface area contributed by atoms with Crippen LogP contribution in [0.15, 0.2) is 35.5 Å². The van der Waals surface area contributed by atoms with Gasteiger partial charge in [-0.25, -0.2) is 0 Å². The van der Waals surface area contributed by atoms with Crippen molar-refractivity contribution in [2.75, 3.05) is 14.2 Å². The van der Waals surface area contributed by atoms with Gasteiger partial charge in [0.1, 0.15) is 16.1 Å². The molecule has 0 N–H and O–H groups in total. The zero-order valence-corrected chi connectivity index (χ0v) is 30.4. The summed E-state index contributed by atoms with van der Waals surface area (Å²) in [7, 11) is -1.38. The van der Waals surface area contributed by atoms with E-state index in [-0.39, 0.29) is 12.8 Å². The number of allylic oxidation sites excluding steroid dienone is 5. The van der Waals surface area contributed by atoms with Crippen LogP contribution >= 0.6 is 0 Å². The predicted molar refractivity (Wildman–Crippen MR) is 179 cm³/mol. The minimum Gasteiger partial charge on any atom is -0.468 e. The fourth-order valence-corrected chi connectivity index (χ4v) is 18.0. The van der Waals surface area contributed by atoms with Crippen LogP contribution in [0, 0.1) is 28.3 Å². The Morgan fingerprint density at radius 3 is 1.46 bits per heavy atom. The number of ether oxygens (including phenoxy) is 2. The lowest BCUT2D eigenvalue weighted by Gasteiger charge is -2.38. The van der Waals surface area contributed by atoms with E-state index >= 15 is 0 Å². The van der Waals surface area contributed by atoms with E-state index in [1.54, 1.807) is 6.08 Å². The highest BCUT2D eigenvalue weighted by atomic mass is 28.3. The van der Waals surface area contributed by atoms with Crippen molar-refractivity contribution in [1.82, 2.24) is 0 Å². The van der Waals surface area contributed by atoms with Gasteiger partial charge >= 0.3 is 11.9 Å². The molecule has 0 aromatic rings. The fraction of sp³-hybridized carbons (Fsp3) is 0.657. The van der Waals surface area contributed by atoms with Gasteiger partial charge in [-0.05, 0) is 50.5 Å². The molecule has 0 aromatic heterocycles. The van der Waals surface area contributed by atoms with Gasteiger partial charge in [0.05, 0.1) is 14.2 Å². The molecule has 0 aromatic carbocycles. The van der Waals surface area contributed by atoms with Gasteiger partial charge in [0.25, 0.3) is 0 Å². The third-order valence-electron chi connectivity index (χ3n) is 9.72. The summed E-state index contributed by atoms with van der Waals surface area (Å²) in [5.41, 5.74) is 11.4. The molecule has 6 heteroatoms. The molecular weight excluding hydrogens is 541 g/mol. The Balaban J connectivity index is 4.11. The Kier molecular flexibility index (Phi) is 13.2. The van der Waals surface area contributed by atoms with Crippen LogP contribution in [0.1, 0.15) is 95.9 Å². The molecule has 0 radical (unpaired) electrons. The summed E-state index contributed by atoms with van der Waals surface area (Å²) in [4.78, 5) is 26.3. The van der Waals surface area contributed by atoms with E-state index in [9.17, 15) is 9.59 Å². The summed E-state index contributed by atoms with van der Waals surface area (Å²) < 4.78 is 10.3. The summed E-state index contributed by atoms with van der Waals surface area (Å²) in [6.45, 7) is 31.5. The molecule has 1 aliphatic carbocycles. The summed E-state index contributed by atoms with van der Waals surface area (Å²) in [5, 5.41) is 0. The first-order valence-electron chi connectivity index (χ1n) is 15.2. The molecule has 4 nitrogen and oxygen atoms in total. The van der Waals surface area contributed by atoms with Crippen molar-refractivity contribution in [3.05, 3.63) is 35.5 Å². The second-order valence-electron chi connectivity index (χ2n) is 13.5. The highest BCUT2D eigenvalue weighted by Gasteiger charge is 2.54. The van der Waals surface area contributed by atoms with Crippen LogP contribution in [0.4, 0.5) is 0 Å². The van der Waals surface area contributed by atoms with Gasteiger partial charge in [-0.2, -0.15) is 0 Å². The zero-order valence-electron chi connectivity index (χ0n) is 28.4. The average Bonchev–Trinajstić information content (AvgIpc) is 3.27. The number of carbonyl (C=O) groups is 2. The largest absolute Gasteiger partial charge is 0.468 e. The lowest BCUT2D eigenvalue weighted by atomic mass is 9.85. The third kappa shape index (κ3) is 7.03. The van der Waals surface area contributed by atoms with Crippen molar-refractivity contribution in [1.29, 1.82) is 0 Å². The van der Waals surface area contributed by atoms with Crippen molar-refractivity contribution in [3.63, 3.8) is 0 Å². The maximum absolute atomic E-state index is 13.2. The Bertz CT molecular complexity index is 1100. The maximum atomic E-state index is 13.2. The minimum absolute atomic E-state index is 0.149. The minimum atomic E-state index is -2.03. The van der Waals surface area contributed by atoms with E-state index in [0.29, 0.717) is 33.2 Å². The Morgan fingerprint density at radius 2 is 1.12 bits per heavy atom. The van der Waals surface area contributed by atoms with E-state index in [2.05, 4.69) is 113 Å². The second kappa shape index (κ2) is 14.7. The van der Waals surface area contributed by atoms with Crippen molar-refractivity contribution in [2.24, 2.45) is 5.41 Å². The molecule has 0 aliphatic heterocycles. The summed E-state index contributed by atoms with van der Waals surface area (Å²) in [5.74, 6) is 5.77. The molecule has 0 unspecified atom stereocenters. The van der Waals surface area contributed by atoms with Crippen molar-refractivity contribution < 1.29 is 19.1 Å². The quantitative estimate of drug-likeness (QED) is 0.115. The van der Waals surface area contributed by atoms with Gasteiger partial charge in [-0.15, -0.1) is 11.1 Å². The summed E-state index contributed by atoms with van der Waals surface area (Å²) in [6, 6.07) is 0. The molecule has 1 saturated carbocycles. The van der Waals surface area contributed by atoms with Gasteiger partial charge in [0.15, 0.2) is 5.41 Å². The molecule has 0 bridgehead atoms. The van der Waals surface area contributed by atoms with Crippen molar-refractivity contribution >= 4 is 28.1 Å². The van der Waals surface area contributed by atoms with Crippen LogP contribution in [-0.2, 0) is 19.1 Å². The van der Waals surface area contributed by atoms with Crippen molar-refractivity contribution in [2.45, 2.75) is 129 Å². The smallest absolute Gasteiger partial charge is 0.323 e. The maximum Gasteiger partial charge on any atom is 0.323 e. The SMILES string of the molecule is C=C/C(C#C[Si](C(C)C)(C(C)C)C(C)C)=C1/CC(C(=O)OC)(C(=O)OC)C/C1=C\C#C[Si](C(C)C)(C(C)C)C(C)C. The Morgan fingerprint density at radius 1 is 0.732 bits per heavy atom. The van der Waals surface area contributed by atoms with Gasteiger partial charge in [-0.3, -0.25) is 9.59 Å². The first kappa shape index (κ1) is 36.7. The van der Waals surface area contributed by atoms with Crippen LogP contribution in [0.2, 0.25) is 33.2 Å². The lowest BCUT2D eigenvalue weighted by molar-refractivity contribution is -0.168. The fourth-order valence-electron chi connectivity index (χ4n) is 7.62. The molecule has 0 amide bonds. The molecule has 0 atom stereocenters. The zero-order chi connectivity index (χ0) is 31.9. The van der Waals surface area contributed by atoms with Crippen molar-refractivity contribution in [3.8, 4) is 22.9 Å². The average molecular weight is 597 g/mol. The van der Waals surface area contributed by atoms with E-state index < -0.39 is 33.5 Å². The second-order valence-corrected chi connectivity index (χ2v) is 24.7.